The van der Waals surface area contributed by atoms with Crippen molar-refractivity contribution < 1.29 is 0 Å². The molecule has 44 valence electrons. The molecule has 3 aliphatic rings. The fourth-order valence-electron chi connectivity index (χ4n) is 3.20. The standard InChI is InChI=1S/C8H12/c1-7-3-2-6-4-8(6,7)5-7/h6H,2-5H2,1H3/t6-,7+,8?/m0/s1. The summed E-state index contributed by atoms with van der Waals surface area (Å²) < 4.78 is 0. The number of hydrogen-bond acceptors (Lipinski definition) is 0. The monoisotopic (exact) mass is 108 g/mol. The van der Waals surface area contributed by atoms with Crippen LogP contribution in [0.1, 0.15) is 32.6 Å². The van der Waals surface area contributed by atoms with Crippen LogP contribution in [0.15, 0.2) is 0 Å². The topological polar surface area (TPSA) is 0 Å². The maximum Gasteiger partial charge on any atom is -0.0207 e. The molecule has 0 heterocycles. The highest BCUT2D eigenvalue weighted by molar-refractivity contribution is 5.29. The predicted molar refractivity (Wildman–Crippen MR) is 32.5 cm³/mol. The van der Waals surface area contributed by atoms with Crippen molar-refractivity contribution in [3.8, 4) is 0 Å². The quantitative estimate of drug-likeness (QED) is 0.446. The first kappa shape index (κ1) is 3.92. The van der Waals surface area contributed by atoms with Gasteiger partial charge in [-0.1, -0.05) is 6.92 Å². The molecule has 0 bridgehead atoms. The Balaban J connectivity index is 2.12. The highest BCUT2D eigenvalue weighted by atomic mass is 14.8. The van der Waals surface area contributed by atoms with Gasteiger partial charge < -0.3 is 0 Å². The van der Waals surface area contributed by atoms with E-state index in [2.05, 4.69) is 6.92 Å². The molecule has 3 aliphatic carbocycles. The lowest BCUT2D eigenvalue weighted by atomic mass is 10.0. The van der Waals surface area contributed by atoms with Crippen molar-refractivity contribution in [2.24, 2.45) is 16.7 Å². The summed E-state index contributed by atoms with van der Waals surface area (Å²) in [5.74, 6) is 1.20. The third-order valence-electron chi connectivity index (χ3n) is 4.06. The molecule has 0 heteroatoms. The number of hydrogen-bond donors (Lipinski definition) is 0. The molecule has 0 aliphatic heterocycles. The van der Waals surface area contributed by atoms with E-state index in [1.807, 2.05) is 0 Å². The Morgan fingerprint density at radius 3 is 2.50 bits per heavy atom. The van der Waals surface area contributed by atoms with Crippen molar-refractivity contribution in [3.63, 3.8) is 0 Å². The van der Waals surface area contributed by atoms with Gasteiger partial charge in [-0.05, 0) is 42.4 Å². The van der Waals surface area contributed by atoms with Gasteiger partial charge in [-0.25, -0.2) is 0 Å². The van der Waals surface area contributed by atoms with Gasteiger partial charge in [0.2, 0.25) is 0 Å². The Labute approximate surface area is 50.3 Å². The van der Waals surface area contributed by atoms with Gasteiger partial charge in [0.05, 0.1) is 0 Å². The van der Waals surface area contributed by atoms with Crippen LogP contribution >= 0.6 is 0 Å². The molecule has 0 aromatic rings. The van der Waals surface area contributed by atoms with Crippen LogP contribution in [0.4, 0.5) is 0 Å². The van der Waals surface area contributed by atoms with Crippen molar-refractivity contribution in [1.29, 1.82) is 0 Å². The molecule has 0 aromatic carbocycles. The van der Waals surface area contributed by atoms with Gasteiger partial charge >= 0.3 is 0 Å². The van der Waals surface area contributed by atoms with Crippen molar-refractivity contribution in [3.05, 3.63) is 0 Å². The van der Waals surface area contributed by atoms with Crippen molar-refractivity contribution in [1.82, 2.24) is 0 Å². The van der Waals surface area contributed by atoms with E-state index in [-0.39, 0.29) is 0 Å². The van der Waals surface area contributed by atoms with E-state index < -0.39 is 0 Å². The second-order valence-electron chi connectivity index (χ2n) is 4.33. The van der Waals surface area contributed by atoms with E-state index in [1.165, 1.54) is 5.92 Å². The van der Waals surface area contributed by atoms with Crippen LogP contribution < -0.4 is 0 Å². The fraction of sp³-hybridized carbons (Fsp3) is 1.00. The molecule has 3 rings (SSSR count). The lowest BCUT2D eigenvalue weighted by molar-refractivity contribution is 0.498. The van der Waals surface area contributed by atoms with Crippen LogP contribution in [0.25, 0.3) is 0 Å². The zero-order valence-electron chi connectivity index (χ0n) is 5.41. The third kappa shape index (κ3) is 0.191. The van der Waals surface area contributed by atoms with Crippen LogP contribution in [0.5, 0.6) is 0 Å². The molecule has 0 aromatic heterocycles. The lowest BCUT2D eigenvalue weighted by Crippen LogP contribution is -1.90. The molecular weight excluding hydrogens is 96.1 g/mol. The Kier molecular flexibility index (Phi) is 0.342. The van der Waals surface area contributed by atoms with Gasteiger partial charge in [-0.2, -0.15) is 0 Å². The van der Waals surface area contributed by atoms with Crippen molar-refractivity contribution in [2.75, 3.05) is 0 Å². The molecule has 3 fully saturated rings. The molecular formula is C8H12. The van der Waals surface area contributed by atoms with E-state index in [0.29, 0.717) is 0 Å². The van der Waals surface area contributed by atoms with Crippen LogP contribution in [-0.4, -0.2) is 0 Å². The van der Waals surface area contributed by atoms with E-state index in [4.69, 9.17) is 0 Å². The smallest absolute Gasteiger partial charge is 0.0207 e. The first-order chi connectivity index (χ1) is 3.77. The van der Waals surface area contributed by atoms with Gasteiger partial charge in [-0.15, -0.1) is 0 Å². The first-order valence-corrected chi connectivity index (χ1v) is 3.77. The summed E-state index contributed by atoms with van der Waals surface area (Å²) in [6.45, 7) is 2.49. The molecule has 0 amide bonds. The molecule has 1 spiro atoms. The molecule has 0 nitrogen and oxygen atoms in total. The highest BCUT2D eigenvalue weighted by Gasteiger charge is 2.80. The second-order valence-corrected chi connectivity index (χ2v) is 4.33. The molecule has 3 atom stereocenters. The van der Waals surface area contributed by atoms with E-state index >= 15 is 0 Å². The summed E-state index contributed by atoms with van der Waals surface area (Å²) in [6.07, 6.45) is 6.31. The molecule has 8 heavy (non-hydrogen) atoms. The summed E-state index contributed by atoms with van der Waals surface area (Å²) in [4.78, 5) is 0. The van der Waals surface area contributed by atoms with Gasteiger partial charge in [0.1, 0.15) is 0 Å². The summed E-state index contributed by atoms with van der Waals surface area (Å²) in [7, 11) is 0. The number of rotatable bonds is 0. The van der Waals surface area contributed by atoms with Crippen LogP contribution in [0, 0.1) is 16.7 Å². The Morgan fingerprint density at radius 2 is 2.38 bits per heavy atom. The van der Waals surface area contributed by atoms with Gasteiger partial charge in [-0.3, -0.25) is 0 Å². The average molecular weight is 108 g/mol. The maximum atomic E-state index is 2.49. The van der Waals surface area contributed by atoms with Crippen LogP contribution in [0.2, 0.25) is 0 Å². The minimum Gasteiger partial charge on any atom is -0.0591 e. The summed E-state index contributed by atoms with van der Waals surface area (Å²) in [5, 5.41) is 0. The van der Waals surface area contributed by atoms with Crippen LogP contribution in [0.3, 0.4) is 0 Å². The summed E-state index contributed by atoms with van der Waals surface area (Å²) in [6, 6.07) is 0. The SMILES string of the molecule is C[C@]12CC[C@H]3CC31C2. The zero-order valence-corrected chi connectivity index (χ0v) is 5.41. The predicted octanol–water partition coefficient (Wildman–Crippen LogP) is 2.20. The minimum atomic E-state index is 0.873. The third-order valence-corrected chi connectivity index (χ3v) is 4.06. The van der Waals surface area contributed by atoms with E-state index in [0.717, 1.165) is 10.8 Å². The van der Waals surface area contributed by atoms with Gasteiger partial charge in [0, 0.05) is 0 Å². The normalized spacial score (nSPS) is 73.9. The van der Waals surface area contributed by atoms with Crippen LogP contribution in [-0.2, 0) is 0 Å². The Hall–Kier alpha value is 0. The zero-order chi connectivity index (χ0) is 5.41. The molecule has 3 saturated carbocycles. The minimum absolute atomic E-state index is 0.873. The second kappa shape index (κ2) is 0.698. The molecule has 0 saturated heterocycles. The van der Waals surface area contributed by atoms with Crippen molar-refractivity contribution in [2.45, 2.75) is 32.6 Å². The Morgan fingerprint density at radius 1 is 1.50 bits per heavy atom. The Bertz CT molecular complexity index is 153. The highest BCUT2D eigenvalue weighted by Crippen LogP contribution is 2.88. The van der Waals surface area contributed by atoms with E-state index in [1.54, 1.807) is 25.7 Å². The lowest BCUT2D eigenvalue weighted by Gasteiger charge is -2.01. The molecule has 0 N–H and O–H groups in total. The maximum absolute atomic E-state index is 2.49. The van der Waals surface area contributed by atoms with Gasteiger partial charge in [0.15, 0.2) is 0 Å². The first-order valence-electron chi connectivity index (χ1n) is 3.77. The molecule has 1 unspecified atom stereocenters. The summed E-state index contributed by atoms with van der Waals surface area (Å²) >= 11 is 0. The van der Waals surface area contributed by atoms with E-state index in [9.17, 15) is 0 Å². The van der Waals surface area contributed by atoms with Gasteiger partial charge in [0.25, 0.3) is 0 Å². The average Bonchev–Trinajstić information content (AvgIpc) is 2.49. The largest absolute Gasteiger partial charge is 0.0591 e. The molecule has 0 radical (unpaired) electrons. The fourth-order valence-corrected chi connectivity index (χ4v) is 3.20. The summed E-state index contributed by atoms with van der Waals surface area (Å²) in [5.41, 5.74) is 1.84. The van der Waals surface area contributed by atoms with Crippen molar-refractivity contribution >= 4 is 0 Å².